The molecule has 3 amide bonds. The Labute approximate surface area is 116 Å². The first-order chi connectivity index (χ1) is 9.15. The first-order valence-corrected chi connectivity index (χ1v) is 7.34. The van der Waals surface area contributed by atoms with Crippen molar-refractivity contribution in [2.24, 2.45) is 7.05 Å². The van der Waals surface area contributed by atoms with Crippen LogP contribution in [0, 0.1) is 0 Å². The van der Waals surface area contributed by atoms with Gasteiger partial charge in [0.2, 0.25) is 5.91 Å². The van der Waals surface area contributed by atoms with Gasteiger partial charge in [0.25, 0.3) is 0 Å². The molecule has 7 heteroatoms. The minimum absolute atomic E-state index is 0.183. The molecule has 0 bridgehead atoms. The first-order valence-electron chi connectivity index (χ1n) is 6.35. The largest absolute Gasteiger partial charge is 0.335 e. The summed E-state index contributed by atoms with van der Waals surface area (Å²) in [7, 11) is 1.86. The topological polar surface area (TPSA) is 76.0 Å². The number of imidazole rings is 1. The zero-order chi connectivity index (χ0) is 13.7. The molecule has 0 aromatic carbocycles. The van der Waals surface area contributed by atoms with Crippen molar-refractivity contribution in [1.29, 1.82) is 0 Å². The Morgan fingerprint density at radius 3 is 2.84 bits per heavy atom. The van der Waals surface area contributed by atoms with Crippen molar-refractivity contribution in [2.75, 3.05) is 5.75 Å². The number of rotatable bonds is 4. The lowest BCUT2D eigenvalue weighted by atomic mass is 10.2. The summed E-state index contributed by atoms with van der Waals surface area (Å²) in [6.45, 7) is 0. The summed E-state index contributed by atoms with van der Waals surface area (Å²) < 4.78 is 1.83. The second-order valence-corrected chi connectivity index (χ2v) is 5.55. The molecule has 1 aromatic rings. The van der Waals surface area contributed by atoms with Gasteiger partial charge in [-0.1, -0.05) is 24.6 Å². The van der Waals surface area contributed by atoms with Crippen LogP contribution in [0.3, 0.4) is 0 Å². The van der Waals surface area contributed by atoms with Crippen molar-refractivity contribution in [2.45, 2.75) is 36.9 Å². The summed E-state index contributed by atoms with van der Waals surface area (Å²) in [4.78, 5) is 27.3. The molecule has 0 unspecified atom stereocenters. The van der Waals surface area contributed by atoms with Crippen LogP contribution in [-0.4, -0.2) is 33.3 Å². The monoisotopic (exact) mass is 282 g/mol. The second-order valence-electron chi connectivity index (χ2n) is 4.61. The average Bonchev–Trinajstić information content (AvgIpc) is 2.98. The van der Waals surface area contributed by atoms with Crippen LogP contribution in [0.4, 0.5) is 4.79 Å². The van der Waals surface area contributed by atoms with E-state index in [1.807, 2.05) is 17.8 Å². The van der Waals surface area contributed by atoms with E-state index in [2.05, 4.69) is 15.6 Å². The summed E-state index contributed by atoms with van der Waals surface area (Å²) in [6, 6.07) is -0.174. The maximum absolute atomic E-state index is 11.6. The van der Waals surface area contributed by atoms with E-state index >= 15 is 0 Å². The molecule has 1 saturated carbocycles. The molecule has 1 aliphatic rings. The van der Waals surface area contributed by atoms with E-state index in [0.717, 1.165) is 30.8 Å². The molecular formula is C12H18N4O2S. The van der Waals surface area contributed by atoms with E-state index in [9.17, 15) is 9.59 Å². The fourth-order valence-electron chi connectivity index (χ4n) is 2.08. The van der Waals surface area contributed by atoms with Crippen LogP contribution in [-0.2, 0) is 11.8 Å². The predicted octanol–water partition coefficient (Wildman–Crippen LogP) is 1.28. The van der Waals surface area contributed by atoms with Crippen molar-refractivity contribution < 1.29 is 9.59 Å². The highest BCUT2D eigenvalue weighted by atomic mass is 32.2. The van der Waals surface area contributed by atoms with Crippen molar-refractivity contribution in [3.8, 4) is 0 Å². The van der Waals surface area contributed by atoms with Gasteiger partial charge < -0.3 is 9.88 Å². The number of amides is 3. The lowest BCUT2D eigenvalue weighted by Gasteiger charge is -2.12. The number of carbonyl (C=O) groups is 2. The normalized spacial score (nSPS) is 15.4. The number of carbonyl (C=O) groups excluding carboxylic acids is 2. The summed E-state index contributed by atoms with van der Waals surface area (Å²) in [6.07, 6.45) is 7.79. The summed E-state index contributed by atoms with van der Waals surface area (Å²) >= 11 is 1.31. The molecule has 0 spiro atoms. The highest BCUT2D eigenvalue weighted by Crippen LogP contribution is 2.17. The molecule has 1 aromatic heterocycles. The van der Waals surface area contributed by atoms with Crippen molar-refractivity contribution >= 4 is 23.7 Å². The number of aryl methyl sites for hydroxylation is 1. The number of aromatic nitrogens is 2. The van der Waals surface area contributed by atoms with Crippen molar-refractivity contribution in [3.05, 3.63) is 12.4 Å². The SMILES string of the molecule is Cn1ccnc1SCC(=O)NC(=O)NC1CCCC1. The fourth-order valence-corrected chi connectivity index (χ4v) is 2.81. The second kappa shape index (κ2) is 6.60. The van der Waals surface area contributed by atoms with Crippen molar-refractivity contribution in [3.63, 3.8) is 0 Å². The van der Waals surface area contributed by atoms with Gasteiger partial charge in [-0.3, -0.25) is 10.1 Å². The van der Waals surface area contributed by atoms with Gasteiger partial charge in [0.1, 0.15) is 0 Å². The van der Waals surface area contributed by atoms with Gasteiger partial charge in [0, 0.05) is 25.5 Å². The van der Waals surface area contributed by atoms with Crippen LogP contribution >= 0.6 is 11.8 Å². The van der Waals surface area contributed by atoms with Crippen LogP contribution < -0.4 is 10.6 Å². The zero-order valence-electron chi connectivity index (χ0n) is 10.9. The quantitative estimate of drug-likeness (QED) is 0.816. The van der Waals surface area contributed by atoms with E-state index in [1.165, 1.54) is 11.8 Å². The third-order valence-electron chi connectivity index (χ3n) is 3.05. The van der Waals surface area contributed by atoms with E-state index < -0.39 is 6.03 Å². The molecule has 104 valence electrons. The number of hydrogen-bond donors (Lipinski definition) is 2. The smallest absolute Gasteiger partial charge is 0.321 e. The number of nitrogens with zero attached hydrogens (tertiary/aromatic N) is 2. The van der Waals surface area contributed by atoms with E-state index in [4.69, 9.17) is 0 Å². The van der Waals surface area contributed by atoms with Gasteiger partial charge in [-0.15, -0.1) is 0 Å². The minimum atomic E-state index is -0.391. The summed E-state index contributed by atoms with van der Waals surface area (Å²) in [5.41, 5.74) is 0. The molecule has 19 heavy (non-hydrogen) atoms. The molecule has 0 aliphatic heterocycles. The van der Waals surface area contributed by atoms with Crippen LogP contribution in [0.2, 0.25) is 0 Å². The maximum Gasteiger partial charge on any atom is 0.321 e. The standard InChI is InChI=1S/C12H18N4O2S/c1-16-7-6-13-12(16)19-8-10(17)15-11(18)14-9-4-2-3-5-9/h6-7,9H,2-5,8H2,1H3,(H2,14,15,17,18). The van der Waals surface area contributed by atoms with Crippen LogP contribution in [0.5, 0.6) is 0 Å². The van der Waals surface area contributed by atoms with Gasteiger partial charge in [-0.2, -0.15) is 0 Å². The van der Waals surface area contributed by atoms with Crippen LogP contribution in [0.15, 0.2) is 17.6 Å². The summed E-state index contributed by atoms with van der Waals surface area (Å²) in [5.74, 6) is -0.119. The number of thioether (sulfide) groups is 1. The Balaban J connectivity index is 1.69. The highest BCUT2D eigenvalue weighted by molar-refractivity contribution is 7.99. The van der Waals surface area contributed by atoms with E-state index in [1.54, 1.807) is 6.20 Å². The van der Waals surface area contributed by atoms with Crippen molar-refractivity contribution in [1.82, 2.24) is 20.2 Å². The Kier molecular flexibility index (Phi) is 4.84. The van der Waals surface area contributed by atoms with E-state index in [-0.39, 0.29) is 17.7 Å². The maximum atomic E-state index is 11.6. The first kappa shape index (κ1) is 13.9. The molecule has 1 fully saturated rings. The third-order valence-corrected chi connectivity index (χ3v) is 4.11. The zero-order valence-corrected chi connectivity index (χ0v) is 11.7. The minimum Gasteiger partial charge on any atom is -0.335 e. The van der Waals surface area contributed by atoms with Crippen LogP contribution in [0.1, 0.15) is 25.7 Å². The molecule has 2 N–H and O–H groups in total. The fraction of sp³-hybridized carbons (Fsp3) is 0.583. The Morgan fingerprint density at radius 2 is 2.21 bits per heavy atom. The molecule has 1 aliphatic carbocycles. The number of urea groups is 1. The molecule has 0 saturated heterocycles. The van der Waals surface area contributed by atoms with Crippen LogP contribution in [0.25, 0.3) is 0 Å². The number of hydrogen-bond acceptors (Lipinski definition) is 4. The molecule has 0 radical (unpaired) electrons. The van der Waals surface area contributed by atoms with Gasteiger partial charge in [-0.05, 0) is 12.8 Å². The summed E-state index contributed by atoms with van der Waals surface area (Å²) in [5, 5.41) is 5.91. The van der Waals surface area contributed by atoms with Gasteiger partial charge >= 0.3 is 6.03 Å². The lowest BCUT2D eigenvalue weighted by molar-refractivity contribution is -0.117. The molecule has 1 heterocycles. The van der Waals surface area contributed by atoms with Gasteiger partial charge in [0.05, 0.1) is 5.75 Å². The average molecular weight is 282 g/mol. The Bertz CT molecular complexity index is 454. The number of imide groups is 1. The third kappa shape index (κ3) is 4.27. The van der Waals surface area contributed by atoms with Gasteiger partial charge in [-0.25, -0.2) is 9.78 Å². The molecule has 6 nitrogen and oxygen atoms in total. The number of nitrogens with one attached hydrogen (secondary N) is 2. The highest BCUT2D eigenvalue weighted by Gasteiger charge is 2.18. The molecular weight excluding hydrogens is 264 g/mol. The molecule has 2 rings (SSSR count). The molecule has 0 atom stereocenters. The van der Waals surface area contributed by atoms with E-state index in [0.29, 0.717) is 0 Å². The Hall–Kier alpha value is -1.50. The Morgan fingerprint density at radius 1 is 1.47 bits per heavy atom. The predicted molar refractivity (Wildman–Crippen MR) is 72.9 cm³/mol. The van der Waals surface area contributed by atoms with Gasteiger partial charge in [0.15, 0.2) is 5.16 Å². The lowest BCUT2D eigenvalue weighted by Crippen LogP contribution is -2.44.